The molecule has 482 valence electrons. The van der Waals surface area contributed by atoms with Crippen molar-refractivity contribution in [3.8, 4) is 0 Å². The van der Waals surface area contributed by atoms with Gasteiger partial charge in [-0.05, 0) is 0 Å². The third-order valence-corrected chi connectivity index (χ3v) is 41.5. The molecule has 0 unspecified atom stereocenters. The molecule has 7 nitrogen and oxygen atoms in total. The van der Waals surface area contributed by atoms with E-state index in [0.717, 1.165) is 67.0 Å². The van der Waals surface area contributed by atoms with Crippen LogP contribution in [0.2, 0.25) is 0 Å². The predicted octanol–water partition coefficient (Wildman–Crippen LogP) is 15.0. The molecule has 0 aliphatic rings. The fourth-order valence-electron chi connectivity index (χ4n) is 14.3. The predicted molar refractivity (Wildman–Crippen MR) is 410 cm³/mol. The first-order valence-electron chi connectivity index (χ1n) is 33.3. The molecule has 12 aromatic carbocycles. The average molecular weight is 1330 g/mol. The van der Waals surface area contributed by atoms with Gasteiger partial charge in [0.2, 0.25) is 0 Å². The van der Waals surface area contributed by atoms with Crippen molar-refractivity contribution in [2.45, 2.75) is 19.3 Å². The summed E-state index contributed by atoms with van der Waals surface area (Å²) in [5, 5.41) is 19.9. The molecule has 0 heterocycles. The second-order valence-electron chi connectivity index (χ2n) is 24.5. The van der Waals surface area contributed by atoms with Crippen LogP contribution < -0.4 is 63.7 Å². The van der Waals surface area contributed by atoms with Crippen LogP contribution >= 0.6 is 28.3 Å². The van der Waals surface area contributed by atoms with E-state index < -0.39 is 28.3 Å². The zero-order valence-electron chi connectivity index (χ0n) is 54.0. The molecule has 3 N–H and O–H groups in total. The van der Waals surface area contributed by atoms with Gasteiger partial charge in [-0.25, -0.2) is 0 Å². The summed E-state index contributed by atoms with van der Waals surface area (Å²) in [4.78, 5) is 0. The number of rotatable bonds is 33. The second-order valence-corrected chi connectivity index (χ2v) is 40.6. The van der Waals surface area contributed by atoms with Crippen LogP contribution in [0.5, 0.6) is 0 Å². The Morgan fingerprint density at radius 2 is 0.358 bits per heavy atom. The summed E-state index contributed by atoms with van der Waals surface area (Å²) in [7, 11) is -5.49. The molecule has 0 amide bonds. The Labute approximate surface area is 563 Å². The molecule has 0 saturated heterocycles. The van der Waals surface area contributed by atoms with Crippen molar-refractivity contribution >= 4 is 76.1 Å². The van der Waals surface area contributed by atoms with E-state index in [1.807, 2.05) is 0 Å². The average Bonchev–Trinajstić information content (AvgIpc) is 0.672. The molecule has 0 aliphatic heterocycles. The fourth-order valence-corrected chi connectivity index (χ4v) is 39.2. The quantitative estimate of drug-likeness (QED) is 0.0279. The molecule has 0 radical (unpaired) electrons. The molecular formula is C84H87N3O4P4. The van der Waals surface area contributed by atoms with E-state index in [1.54, 1.807) is 0 Å². The van der Waals surface area contributed by atoms with Crippen molar-refractivity contribution in [1.29, 1.82) is 0 Å². The van der Waals surface area contributed by atoms with Crippen LogP contribution in [0.4, 0.5) is 0 Å². The Morgan fingerprint density at radius 3 is 0.516 bits per heavy atom. The molecular weight excluding hydrogens is 1240 g/mol. The Morgan fingerprint density at radius 1 is 0.211 bits per heavy atom. The van der Waals surface area contributed by atoms with Gasteiger partial charge in [0.15, 0.2) is 0 Å². The van der Waals surface area contributed by atoms with Gasteiger partial charge in [0.1, 0.15) is 0 Å². The number of hydrogen-bond donors (Lipinski definition) is 3. The number of hydrogen-bond acceptors (Lipinski definition) is 7. The van der Waals surface area contributed by atoms with Crippen molar-refractivity contribution < 1.29 is 17.5 Å². The SMILES string of the molecule is O=P(OP(CCNCCc1ccccc1)(c1ccccc1)(c1ccccc1)c1ccccc1)(OP(CCNCCc1ccccc1)(c1ccccc1)(c1ccccc1)c1ccccc1)OP(CCNCCc1ccccc1)(c1ccccc1)(c1ccccc1)c1ccccc1. The molecule has 0 spiro atoms. The Kier molecular flexibility index (Phi) is 21.7. The summed E-state index contributed by atoms with van der Waals surface area (Å²) >= 11 is 0. The standard InChI is InChI=1S/C84H87N3O4P4/c88-92(89-93(76-43-19-4-20-44-76,77-45-21-5-22-46-77,78-47-23-6-24-48-78)70-67-85-64-61-73-37-13-1-14-38-73,90-94(79-49-25-7-26-50-79,80-51-27-8-28-52-80,81-53-29-9-30-54-81)71-68-86-65-62-74-39-15-2-16-40-74)91-95(82-55-31-10-32-56-82,83-57-33-11-34-58-83,84-59-35-12-36-60-84)72-69-87-66-63-75-41-17-3-18-42-75/h1-60,85-87H,61-72H2. The number of phosphoric acid groups is 1. The molecule has 0 atom stereocenters. The summed E-state index contributed by atoms with van der Waals surface area (Å²) in [6, 6.07) is 128. The topological polar surface area (TPSA) is 80.9 Å². The van der Waals surface area contributed by atoms with E-state index >= 15 is 4.57 Å². The van der Waals surface area contributed by atoms with Crippen LogP contribution in [-0.2, 0) is 36.8 Å². The molecule has 12 rings (SSSR count). The summed E-state index contributed by atoms with van der Waals surface area (Å²) in [5.41, 5.74) is 3.71. The van der Waals surface area contributed by atoms with Crippen molar-refractivity contribution in [1.82, 2.24) is 16.0 Å². The molecule has 0 aliphatic carbocycles. The molecule has 0 aromatic heterocycles. The first-order valence-corrected chi connectivity index (χ1v) is 41.8. The Hall–Kier alpha value is -8.08. The van der Waals surface area contributed by atoms with E-state index in [-0.39, 0.29) is 0 Å². The van der Waals surface area contributed by atoms with Gasteiger partial charge in [0, 0.05) is 0 Å². The van der Waals surface area contributed by atoms with Gasteiger partial charge in [0.25, 0.3) is 0 Å². The molecule has 0 saturated carbocycles. The van der Waals surface area contributed by atoms with E-state index in [2.05, 4.69) is 380 Å². The molecule has 0 bridgehead atoms. The van der Waals surface area contributed by atoms with Gasteiger partial charge in [-0.15, -0.1) is 0 Å². The summed E-state index contributed by atoms with van der Waals surface area (Å²) in [6.07, 6.45) is 3.53. The first-order chi connectivity index (χ1) is 46.8. The van der Waals surface area contributed by atoms with Crippen molar-refractivity contribution in [2.75, 3.05) is 57.8 Å². The number of benzene rings is 12. The van der Waals surface area contributed by atoms with Gasteiger partial charge in [-0.3, -0.25) is 0 Å². The summed E-state index contributed by atoms with van der Waals surface area (Å²) in [6.45, 7) is -11.3. The molecule has 11 heteroatoms. The van der Waals surface area contributed by atoms with E-state index in [4.69, 9.17) is 12.9 Å². The van der Waals surface area contributed by atoms with E-state index in [0.29, 0.717) is 57.8 Å². The van der Waals surface area contributed by atoms with Crippen LogP contribution in [0.3, 0.4) is 0 Å². The zero-order chi connectivity index (χ0) is 64.9. The third-order valence-electron chi connectivity index (χ3n) is 19.0. The minimum atomic E-state index is -5.49. The van der Waals surface area contributed by atoms with Crippen LogP contribution in [0, 0.1) is 0 Å². The second kappa shape index (κ2) is 30.8. The molecule has 12 aromatic rings. The minimum absolute atomic E-state index is 0.368. The van der Waals surface area contributed by atoms with Crippen molar-refractivity contribution in [3.05, 3.63) is 381 Å². The van der Waals surface area contributed by atoms with Crippen LogP contribution in [0.1, 0.15) is 16.7 Å². The zero-order valence-corrected chi connectivity index (χ0v) is 57.6. The van der Waals surface area contributed by atoms with Crippen LogP contribution in [0.25, 0.3) is 0 Å². The third kappa shape index (κ3) is 13.6. The first kappa shape index (κ1) is 66.9. The summed E-state index contributed by atoms with van der Waals surface area (Å²) < 4.78 is 47.8. The maximum atomic E-state index is 20.4. The van der Waals surface area contributed by atoms with Gasteiger partial charge < -0.3 is 0 Å². The van der Waals surface area contributed by atoms with E-state index in [9.17, 15) is 0 Å². The maximum absolute atomic E-state index is 20.4. The molecule has 95 heavy (non-hydrogen) atoms. The van der Waals surface area contributed by atoms with Crippen molar-refractivity contribution in [2.24, 2.45) is 0 Å². The van der Waals surface area contributed by atoms with Crippen LogP contribution in [0.15, 0.2) is 364 Å². The summed E-state index contributed by atoms with van der Waals surface area (Å²) in [5.74, 6) is 0. The van der Waals surface area contributed by atoms with Gasteiger partial charge in [0.05, 0.1) is 0 Å². The van der Waals surface area contributed by atoms with E-state index in [1.165, 1.54) is 16.7 Å². The number of nitrogens with one attached hydrogen (secondary N) is 3. The monoisotopic (exact) mass is 1330 g/mol. The van der Waals surface area contributed by atoms with Crippen LogP contribution in [-0.4, -0.2) is 57.8 Å². The molecule has 0 fully saturated rings. The fraction of sp³-hybridized carbons (Fsp3) is 0.143. The van der Waals surface area contributed by atoms with Crippen molar-refractivity contribution in [3.63, 3.8) is 0 Å². The Balaban J connectivity index is 1.21. The van der Waals surface area contributed by atoms with Gasteiger partial charge in [-0.1, -0.05) is 0 Å². The Bertz CT molecular complexity index is 3570. The van der Waals surface area contributed by atoms with Gasteiger partial charge >= 0.3 is 567 Å². The van der Waals surface area contributed by atoms with Gasteiger partial charge in [-0.2, -0.15) is 0 Å². The normalized spacial score (nSPS) is 13.8.